The van der Waals surface area contributed by atoms with E-state index >= 15 is 0 Å². The van der Waals surface area contributed by atoms with Gasteiger partial charge in [0.1, 0.15) is 0 Å². The molecule has 0 radical (unpaired) electrons. The number of hydrogen-bond acceptors (Lipinski definition) is 4. The van der Waals surface area contributed by atoms with Gasteiger partial charge in [0.15, 0.2) is 0 Å². The molecular formula is C19H21N5O2. The monoisotopic (exact) mass is 351 g/mol. The van der Waals surface area contributed by atoms with Gasteiger partial charge in [0, 0.05) is 30.4 Å². The Bertz CT molecular complexity index is 974. The van der Waals surface area contributed by atoms with Gasteiger partial charge in [-0.1, -0.05) is 12.1 Å². The van der Waals surface area contributed by atoms with Crippen molar-refractivity contribution in [1.29, 1.82) is 0 Å². The van der Waals surface area contributed by atoms with Gasteiger partial charge in [-0.05, 0) is 37.6 Å². The lowest BCUT2D eigenvalue weighted by Gasteiger charge is -2.14. The van der Waals surface area contributed by atoms with Gasteiger partial charge in [-0.2, -0.15) is 5.10 Å². The van der Waals surface area contributed by atoms with Crippen LogP contribution >= 0.6 is 0 Å². The molecule has 0 aliphatic heterocycles. The second-order valence-electron chi connectivity index (χ2n) is 6.41. The van der Waals surface area contributed by atoms with Crippen LogP contribution in [0, 0.1) is 0 Å². The number of amides is 2. The number of carbonyl (C=O) groups excluding carboxylic acids is 2. The first-order valence-corrected chi connectivity index (χ1v) is 8.31. The maximum absolute atomic E-state index is 11.7. The normalized spacial score (nSPS) is 10.9. The number of rotatable bonds is 5. The first-order chi connectivity index (χ1) is 12.3. The van der Waals surface area contributed by atoms with Crippen molar-refractivity contribution in [2.24, 2.45) is 5.73 Å². The Morgan fingerprint density at radius 1 is 1.15 bits per heavy atom. The summed E-state index contributed by atoms with van der Waals surface area (Å²) in [5.74, 6) is -0.634. The average molecular weight is 351 g/mol. The molecule has 0 aliphatic rings. The van der Waals surface area contributed by atoms with E-state index in [2.05, 4.69) is 15.7 Å². The Kier molecular flexibility index (Phi) is 4.62. The van der Waals surface area contributed by atoms with Gasteiger partial charge in [0.05, 0.1) is 23.0 Å². The highest BCUT2D eigenvalue weighted by atomic mass is 16.1. The molecule has 134 valence electrons. The molecule has 2 amide bonds. The van der Waals surface area contributed by atoms with Crippen molar-refractivity contribution in [1.82, 2.24) is 9.61 Å². The van der Waals surface area contributed by atoms with E-state index in [1.165, 1.54) is 13.1 Å². The summed E-state index contributed by atoms with van der Waals surface area (Å²) in [6.45, 7) is 5.46. The molecular weight excluding hydrogens is 330 g/mol. The molecule has 26 heavy (non-hydrogen) atoms. The van der Waals surface area contributed by atoms with Crippen LogP contribution in [-0.4, -0.2) is 27.5 Å². The van der Waals surface area contributed by atoms with E-state index in [4.69, 9.17) is 5.73 Å². The van der Waals surface area contributed by atoms with Gasteiger partial charge in [0.2, 0.25) is 5.91 Å². The standard InChI is InChI=1S/C19H21N5O2/c1-11(2)22-18-16(19(20)26)9-21-24-10-14(8-17(18)24)13-4-6-15(7-5-13)23-12(3)25/h4-11,22H,1-3H3,(H2,20,26)(H,23,25). The van der Waals surface area contributed by atoms with E-state index in [0.717, 1.165) is 22.3 Å². The van der Waals surface area contributed by atoms with Gasteiger partial charge < -0.3 is 16.4 Å². The van der Waals surface area contributed by atoms with E-state index in [-0.39, 0.29) is 11.9 Å². The number of fused-ring (bicyclic) bond motifs is 1. The van der Waals surface area contributed by atoms with Crippen LogP contribution in [0.25, 0.3) is 16.6 Å². The average Bonchev–Trinajstić information content (AvgIpc) is 2.99. The van der Waals surface area contributed by atoms with Crippen LogP contribution in [0.3, 0.4) is 0 Å². The number of carbonyl (C=O) groups is 2. The van der Waals surface area contributed by atoms with Crippen molar-refractivity contribution < 1.29 is 9.59 Å². The summed E-state index contributed by atoms with van der Waals surface area (Å²) in [7, 11) is 0. The van der Waals surface area contributed by atoms with Gasteiger partial charge in [-0.3, -0.25) is 9.59 Å². The van der Waals surface area contributed by atoms with Crippen molar-refractivity contribution in [2.45, 2.75) is 26.8 Å². The number of aromatic nitrogens is 2. The fourth-order valence-corrected chi connectivity index (χ4v) is 2.79. The molecule has 0 saturated carbocycles. The van der Waals surface area contributed by atoms with Gasteiger partial charge in [-0.15, -0.1) is 0 Å². The van der Waals surface area contributed by atoms with Crippen LogP contribution in [0.1, 0.15) is 31.1 Å². The maximum Gasteiger partial charge on any atom is 0.252 e. The van der Waals surface area contributed by atoms with Crippen molar-refractivity contribution in [3.63, 3.8) is 0 Å². The van der Waals surface area contributed by atoms with Crippen molar-refractivity contribution in [3.05, 3.63) is 48.3 Å². The molecule has 2 aromatic heterocycles. The summed E-state index contributed by atoms with van der Waals surface area (Å²) in [5, 5.41) is 10.3. The quantitative estimate of drug-likeness (QED) is 0.658. The highest BCUT2D eigenvalue weighted by Crippen LogP contribution is 2.29. The Morgan fingerprint density at radius 3 is 2.42 bits per heavy atom. The number of hydrogen-bond donors (Lipinski definition) is 3. The van der Waals surface area contributed by atoms with Crippen LogP contribution in [0.5, 0.6) is 0 Å². The summed E-state index contributed by atoms with van der Waals surface area (Å²) in [6.07, 6.45) is 3.36. The zero-order chi connectivity index (χ0) is 18.8. The Balaban J connectivity index is 2.06. The fraction of sp³-hybridized carbons (Fsp3) is 0.211. The summed E-state index contributed by atoms with van der Waals surface area (Å²) in [4.78, 5) is 22.9. The first-order valence-electron chi connectivity index (χ1n) is 8.31. The Hall–Kier alpha value is -3.35. The minimum absolute atomic E-state index is 0.111. The van der Waals surface area contributed by atoms with E-state index < -0.39 is 5.91 Å². The van der Waals surface area contributed by atoms with Crippen LogP contribution in [0.2, 0.25) is 0 Å². The minimum Gasteiger partial charge on any atom is -0.380 e. The molecule has 0 atom stereocenters. The van der Waals surface area contributed by atoms with Crippen LogP contribution in [0.15, 0.2) is 42.7 Å². The van der Waals surface area contributed by atoms with Crippen molar-refractivity contribution in [2.75, 3.05) is 10.6 Å². The fourth-order valence-electron chi connectivity index (χ4n) is 2.79. The zero-order valence-electron chi connectivity index (χ0n) is 14.9. The third kappa shape index (κ3) is 3.51. The molecule has 0 saturated heterocycles. The Morgan fingerprint density at radius 2 is 1.85 bits per heavy atom. The zero-order valence-corrected chi connectivity index (χ0v) is 14.9. The second-order valence-corrected chi connectivity index (χ2v) is 6.41. The molecule has 7 heteroatoms. The van der Waals surface area contributed by atoms with Crippen LogP contribution < -0.4 is 16.4 Å². The van der Waals surface area contributed by atoms with Crippen molar-refractivity contribution in [3.8, 4) is 11.1 Å². The molecule has 3 rings (SSSR count). The number of primary amides is 1. The molecule has 0 aliphatic carbocycles. The van der Waals surface area contributed by atoms with Crippen LogP contribution in [-0.2, 0) is 4.79 Å². The second kappa shape index (κ2) is 6.87. The number of anilines is 2. The van der Waals surface area contributed by atoms with Crippen LogP contribution in [0.4, 0.5) is 11.4 Å². The van der Waals surface area contributed by atoms with Crippen molar-refractivity contribution >= 4 is 28.7 Å². The number of nitrogens with one attached hydrogen (secondary N) is 2. The topological polar surface area (TPSA) is 102 Å². The predicted molar refractivity (Wildman–Crippen MR) is 102 cm³/mol. The summed E-state index contributed by atoms with van der Waals surface area (Å²) in [5.41, 5.74) is 9.95. The highest BCUT2D eigenvalue weighted by molar-refractivity contribution is 6.02. The number of nitrogens with two attached hydrogens (primary N) is 1. The molecule has 1 aromatic carbocycles. The largest absolute Gasteiger partial charge is 0.380 e. The minimum atomic E-state index is -0.523. The molecule has 0 fully saturated rings. The Labute approximate surface area is 151 Å². The van der Waals surface area contributed by atoms with E-state index in [9.17, 15) is 9.59 Å². The van der Waals surface area contributed by atoms with E-state index in [1.54, 1.807) is 4.52 Å². The number of benzene rings is 1. The lowest BCUT2D eigenvalue weighted by molar-refractivity contribution is -0.114. The van der Waals surface area contributed by atoms with E-state index in [1.807, 2.05) is 50.4 Å². The lowest BCUT2D eigenvalue weighted by Crippen LogP contribution is -2.19. The molecule has 2 heterocycles. The SMILES string of the molecule is CC(=O)Nc1ccc(-c2cc3c(NC(C)C)c(C(N)=O)cnn3c2)cc1. The van der Waals surface area contributed by atoms with Gasteiger partial charge in [0.25, 0.3) is 5.91 Å². The third-order valence-corrected chi connectivity index (χ3v) is 3.87. The van der Waals surface area contributed by atoms with Gasteiger partial charge >= 0.3 is 0 Å². The molecule has 0 unspecified atom stereocenters. The molecule has 3 aromatic rings. The number of nitrogens with zero attached hydrogens (tertiary/aromatic N) is 2. The molecule has 4 N–H and O–H groups in total. The molecule has 0 bridgehead atoms. The first kappa shape index (κ1) is 17.5. The summed E-state index contributed by atoms with van der Waals surface area (Å²) >= 11 is 0. The predicted octanol–water partition coefficient (Wildman–Crippen LogP) is 2.88. The summed E-state index contributed by atoms with van der Waals surface area (Å²) < 4.78 is 1.72. The van der Waals surface area contributed by atoms with Gasteiger partial charge in [-0.25, -0.2) is 4.52 Å². The highest BCUT2D eigenvalue weighted by Gasteiger charge is 2.16. The lowest BCUT2D eigenvalue weighted by atomic mass is 10.1. The molecule has 0 spiro atoms. The maximum atomic E-state index is 11.7. The van der Waals surface area contributed by atoms with E-state index in [0.29, 0.717) is 11.3 Å². The summed E-state index contributed by atoms with van der Waals surface area (Å²) in [6, 6.07) is 9.62. The third-order valence-electron chi connectivity index (χ3n) is 3.87. The molecule has 7 nitrogen and oxygen atoms in total. The smallest absolute Gasteiger partial charge is 0.252 e.